The monoisotopic (exact) mass is 256 g/mol. The maximum Gasteiger partial charge on any atom is 0.270 e. The van der Waals surface area contributed by atoms with E-state index in [9.17, 15) is 9.59 Å². The lowest BCUT2D eigenvalue weighted by atomic mass is 10.1. The minimum atomic E-state index is -0.272. The van der Waals surface area contributed by atoms with Crippen molar-refractivity contribution in [3.8, 4) is 0 Å². The van der Waals surface area contributed by atoms with Crippen LogP contribution in [0.2, 0.25) is 0 Å². The lowest BCUT2D eigenvalue weighted by molar-refractivity contribution is 0.0736. The molecule has 19 heavy (non-hydrogen) atoms. The van der Waals surface area contributed by atoms with Gasteiger partial charge in [0.15, 0.2) is 0 Å². The Balaban J connectivity index is 2.22. The molecule has 0 bridgehead atoms. The quantitative estimate of drug-likeness (QED) is 0.915. The van der Waals surface area contributed by atoms with Gasteiger partial charge in [0.1, 0.15) is 5.69 Å². The molecule has 0 fully saturated rings. The first-order valence-corrected chi connectivity index (χ1v) is 6.11. The third-order valence-electron chi connectivity index (χ3n) is 3.18. The van der Waals surface area contributed by atoms with Crippen LogP contribution in [0.4, 0.5) is 0 Å². The predicted molar refractivity (Wildman–Crippen MR) is 74.0 cm³/mol. The number of aromatic nitrogens is 1. The molecule has 2 rings (SSSR count). The summed E-state index contributed by atoms with van der Waals surface area (Å²) in [6, 6.07) is 14.3. The summed E-state index contributed by atoms with van der Waals surface area (Å²) in [5.41, 5.74) is 1.08. The zero-order valence-electron chi connectivity index (χ0n) is 11.0. The molecular formula is C15H16N2O2. The number of nitrogens with one attached hydrogen (secondary N) is 1. The molecule has 4 heteroatoms. The Bertz CT molecular complexity index is 619. The molecule has 0 radical (unpaired) electrons. The third-order valence-corrected chi connectivity index (χ3v) is 3.18. The predicted octanol–water partition coefficient (Wildman–Crippen LogP) is 2.21. The fourth-order valence-corrected chi connectivity index (χ4v) is 1.89. The number of rotatable bonds is 3. The first kappa shape index (κ1) is 13.1. The van der Waals surface area contributed by atoms with E-state index in [1.165, 1.54) is 6.07 Å². The molecule has 0 aliphatic heterocycles. The average molecular weight is 256 g/mol. The van der Waals surface area contributed by atoms with E-state index >= 15 is 0 Å². The van der Waals surface area contributed by atoms with Crippen molar-refractivity contribution in [3.05, 3.63) is 70.1 Å². The highest BCUT2D eigenvalue weighted by molar-refractivity contribution is 5.92. The van der Waals surface area contributed by atoms with Gasteiger partial charge in [-0.3, -0.25) is 9.59 Å². The van der Waals surface area contributed by atoms with Crippen LogP contribution in [0.25, 0.3) is 0 Å². The molecule has 2 aromatic rings. The van der Waals surface area contributed by atoms with Gasteiger partial charge in [-0.05, 0) is 18.6 Å². The highest BCUT2D eigenvalue weighted by Crippen LogP contribution is 2.19. The molecule has 98 valence electrons. The largest absolute Gasteiger partial charge is 0.334 e. The van der Waals surface area contributed by atoms with Crippen LogP contribution >= 0.6 is 0 Å². The number of carbonyl (C=O) groups excluding carboxylic acids is 1. The number of hydrogen-bond donors (Lipinski definition) is 1. The first-order chi connectivity index (χ1) is 9.09. The molecule has 1 amide bonds. The van der Waals surface area contributed by atoms with Gasteiger partial charge < -0.3 is 9.88 Å². The number of benzene rings is 1. The van der Waals surface area contributed by atoms with E-state index < -0.39 is 0 Å². The van der Waals surface area contributed by atoms with Crippen LogP contribution in [-0.2, 0) is 0 Å². The first-order valence-electron chi connectivity index (χ1n) is 6.11. The normalized spacial score (nSPS) is 11.9. The number of H-pyrrole nitrogens is 1. The summed E-state index contributed by atoms with van der Waals surface area (Å²) in [6.45, 7) is 1.95. The standard InChI is InChI=1S/C15H16N2O2/c1-11(12-7-4-3-5-8-12)17(2)15(19)13-9-6-10-14(18)16-13/h3-11H,1-2H3,(H,16,18). The number of carbonyl (C=O) groups is 1. The fourth-order valence-electron chi connectivity index (χ4n) is 1.89. The Kier molecular flexibility index (Phi) is 3.80. The minimum Gasteiger partial charge on any atom is -0.334 e. The van der Waals surface area contributed by atoms with Crippen molar-refractivity contribution in [2.45, 2.75) is 13.0 Å². The second-order valence-corrected chi connectivity index (χ2v) is 4.43. The van der Waals surface area contributed by atoms with Gasteiger partial charge in [-0.1, -0.05) is 36.4 Å². The fraction of sp³-hybridized carbons (Fsp3) is 0.200. The van der Waals surface area contributed by atoms with Crippen molar-refractivity contribution in [3.63, 3.8) is 0 Å². The van der Waals surface area contributed by atoms with E-state index in [4.69, 9.17) is 0 Å². The van der Waals surface area contributed by atoms with Crippen LogP contribution in [0.15, 0.2) is 53.3 Å². The smallest absolute Gasteiger partial charge is 0.270 e. The van der Waals surface area contributed by atoms with Crippen LogP contribution in [0.1, 0.15) is 29.0 Å². The van der Waals surface area contributed by atoms with Gasteiger partial charge in [0, 0.05) is 13.1 Å². The van der Waals surface area contributed by atoms with E-state index in [2.05, 4.69) is 4.98 Å². The second kappa shape index (κ2) is 5.52. The van der Waals surface area contributed by atoms with Crippen molar-refractivity contribution >= 4 is 5.91 Å². The summed E-state index contributed by atoms with van der Waals surface area (Å²) < 4.78 is 0. The number of hydrogen-bond acceptors (Lipinski definition) is 2. The number of amides is 1. The van der Waals surface area contributed by atoms with E-state index in [-0.39, 0.29) is 17.5 Å². The zero-order valence-corrected chi connectivity index (χ0v) is 11.0. The van der Waals surface area contributed by atoms with Gasteiger partial charge in [0.25, 0.3) is 5.91 Å². The summed E-state index contributed by atoms with van der Waals surface area (Å²) in [5.74, 6) is -0.200. The van der Waals surface area contributed by atoms with Crippen molar-refractivity contribution < 1.29 is 4.79 Å². The van der Waals surface area contributed by atoms with Gasteiger partial charge in [-0.2, -0.15) is 0 Å². The van der Waals surface area contributed by atoms with Crippen molar-refractivity contribution in [2.24, 2.45) is 0 Å². The highest BCUT2D eigenvalue weighted by Gasteiger charge is 2.19. The highest BCUT2D eigenvalue weighted by atomic mass is 16.2. The maximum absolute atomic E-state index is 12.3. The molecule has 1 N–H and O–H groups in total. The molecule has 0 aliphatic rings. The van der Waals surface area contributed by atoms with E-state index in [0.717, 1.165) is 5.56 Å². The molecule has 0 spiro atoms. The molecule has 1 aromatic heterocycles. The van der Waals surface area contributed by atoms with Gasteiger partial charge >= 0.3 is 0 Å². The summed E-state index contributed by atoms with van der Waals surface area (Å²) in [5, 5.41) is 0. The zero-order chi connectivity index (χ0) is 13.8. The molecule has 1 unspecified atom stereocenters. The van der Waals surface area contributed by atoms with Crippen LogP contribution < -0.4 is 5.56 Å². The number of pyridine rings is 1. The second-order valence-electron chi connectivity index (χ2n) is 4.43. The van der Waals surface area contributed by atoms with Gasteiger partial charge in [-0.15, -0.1) is 0 Å². The van der Waals surface area contributed by atoms with E-state index in [1.807, 2.05) is 37.3 Å². The molecular weight excluding hydrogens is 240 g/mol. The Morgan fingerprint density at radius 1 is 1.11 bits per heavy atom. The molecule has 0 saturated heterocycles. The summed E-state index contributed by atoms with van der Waals surface area (Å²) in [6.07, 6.45) is 0. The van der Waals surface area contributed by atoms with Gasteiger partial charge in [0.05, 0.1) is 6.04 Å². The summed E-state index contributed by atoms with van der Waals surface area (Å²) in [4.78, 5) is 27.7. The Morgan fingerprint density at radius 2 is 1.79 bits per heavy atom. The van der Waals surface area contributed by atoms with Crippen molar-refractivity contribution in [2.75, 3.05) is 7.05 Å². The Morgan fingerprint density at radius 3 is 2.42 bits per heavy atom. The topological polar surface area (TPSA) is 53.2 Å². The number of aromatic amines is 1. The number of nitrogens with zero attached hydrogens (tertiary/aromatic N) is 1. The van der Waals surface area contributed by atoms with Gasteiger partial charge in [-0.25, -0.2) is 0 Å². The summed E-state index contributed by atoms with van der Waals surface area (Å²) in [7, 11) is 1.73. The van der Waals surface area contributed by atoms with Gasteiger partial charge in [0.2, 0.25) is 5.56 Å². The molecule has 1 heterocycles. The maximum atomic E-state index is 12.3. The third kappa shape index (κ3) is 2.91. The summed E-state index contributed by atoms with van der Waals surface area (Å²) >= 11 is 0. The molecule has 4 nitrogen and oxygen atoms in total. The van der Waals surface area contributed by atoms with E-state index in [1.54, 1.807) is 24.1 Å². The molecule has 1 atom stereocenters. The average Bonchev–Trinajstić information content (AvgIpc) is 2.46. The minimum absolute atomic E-state index is 0.0580. The van der Waals surface area contributed by atoms with Crippen molar-refractivity contribution in [1.82, 2.24) is 9.88 Å². The van der Waals surface area contributed by atoms with Crippen molar-refractivity contribution in [1.29, 1.82) is 0 Å². The molecule has 0 aliphatic carbocycles. The SMILES string of the molecule is CC(c1ccccc1)N(C)C(=O)c1cccc(=O)[nH]1. The molecule has 0 saturated carbocycles. The van der Waals surface area contributed by atoms with Crippen LogP contribution in [0.3, 0.4) is 0 Å². The Hall–Kier alpha value is -2.36. The lowest BCUT2D eigenvalue weighted by Gasteiger charge is -2.25. The molecule has 1 aromatic carbocycles. The lowest BCUT2D eigenvalue weighted by Crippen LogP contribution is -2.31. The Labute approximate surface area is 111 Å². The van der Waals surface area contributed by atoms with Crippen LogP contribution in [-0.4, -0.2) is 22.8 Å². The van der Waals surface area contributed by atoms with Crippen LogP contribution in [0, 0.1) is 0 Å². The van der Waals surface area contributed by atoms with E-state index in [0.29, 0.717) is 5.69 Å². The van der Waals surface area contributed by atoms with Crippen LogP contribution in [0.5, 0.6) is 0 Å².